The van der Waals surface area contributed by atoms with E-state index in [1.807, 2.05) is 0 Å². The van der Waals surface area contributed by atoms with Gasteiger partial charge in [-0.1, -0.05) is 0 Å². The van der Waals surface area contributed by atoms with Crippen molar-refractivity contribution >= 4 is 67.7 Å². The van der Waals surface area contributed by atoms with Gasteiger partial charge in [-0.05, 0) is 24.3 Å². The Labute approximate surface area is 297 Å². The van der Waals surface area contributed by atoms with Gasteiger partial charge in [0.2, 0.25) is 0 Å². The smallest absolute Gasteiger partial charge is 0.390 e. The molecule has 2 aliphatic heterocycles. The van der Waals surface area contributed by atoms with E-state index in [4.69, 9.17) is 22.6 Å². The minimum absolute atomic E-state index is 0.326. The first-order valence-electron chi connectivity index (χ1n) is 14.7. The molecule has 0 saturated carbocycles. The third kappa shape index (κ3) is 10.6. The predicted octanol–water partition coefficient (Wildman–Crippen LogP) is 0.665. The van der Waals surface area contributed by atoms with Crippen molar-refractivity contribution in [1.82, 2.24) is 9.80 Å². The number of carbonyl (C=O) groups is 6. The number of amides is 2. The van der Waals surface area contributed by atoms with Crippen LogP contribution in [0.15, 0.2) is 48.5 Å². The van der Waals surface area contributed by atoms with E-state index in [9.17, 15) is 65.8 Å². The quantitative estimate of drug-likeness (QED) is 0.0797. The van der Waals surface area contributed by atoms with E-state index in [1.54, 1.807) is 0 Å². The Morgan fingerprint density at radius 2 is 0.925 bits per heavy atom. The van der Waals surface area contributed by atoms with Gasteiger partial charge in [0.05, 0.1) is 58.8 Å². The second-order valence-corrected chi connectivity index (χ2v) is 14.5. The van der Waals surface area contributed by atoms with Crippen molar-refractivity contribution in [2.24, 2.45) is 0 Å². The number of nitro groups is 2. The number of esters is 4. The van der Waals surface area contributed by atoms with Crippen LogP contribution in [0.5, 0.6) is 0 Å². The van der Waals surface area contributed by atoms with E-state index in [-0.39, 0.29) is 22.5 Å². The van der Waals surface area contributed by atoms with E-state index >= 15 is 0 Å². The molecular weight excluding hydrogens is 760 g/mol. The van der Waals surface area contributed by atoms with Crippen LogP contribution in [0.2, 0.25) is 0 Å². The average Bonchev–Trinajstić information content (AvgIpc) is 3.67. The molecule has 2 aromatic rings. The van der Waals surface area contributed by atoms with Crippen molar-refractivity contribution in [3.63, 3.8) is 0 Å². The molecular formula is C28H26N4O19S2. The maximum absolute atomic E-state index is 13.3. The molecule has 2 amide bonds. The maximum Gasteiger partial charge on any atom is 0.418 e. The first kappa shape index (κ1) is 39.9. The summed E-state index contributed by atoms with van der Waals surface area (Å²) >= 11 is 0. The molecule has 53 heavy (non-hydrogen) atoms. The van der Waals surface area contributed by atoms with Gasteiger partial charge in [-0.2, -0.15) is 16.8 Å². The fourth-order valence-corrected chi connectivity index (χ4v) is 6.41. The summed E-state index contributed by atoms with van der Waals surface area (Å²) in [5.41, 5.74) is -1.43. The lowest BCUT2D eigenvalue weighted by Gasteiger charge is -2.24. The topological polar surface area (TPSA) is 310 Å². The highest BCUT2D eigenvalue weighted by Crippen LogP contribution is 2.28. The van der Waals surface area contributed by atoms with Crippen LogP contribution >= 0.6 is 0 Å². The molecule has 0 unspecified atom stereocenters. The maximum atomic E-state index is 13.3. The predicted molar refractivity (Wildman–Crippen MR) is 169 cm³/mol. The Hall–Kier alpha value is -5.92. The van der Waals surface area contributed by atoms with Gasteiger partial charge in [0.1, 0.15) is 12.1 Å². The van der Waals surface area contributed by atoms with Crippen molar-refractivity contribution < 1.29 is 78.0 Å². The molecule has 0 aromatic heterocycles. The molecule has 0 bridgehead atoms. The molecule has 2 aliphatic rings. The molecule has 284 valence electrons. The minimum atomic E-state index is -4.19. The van der Waals surface area contributed by atoms with Crippen molar-refractivity contribution in [2.75, 3.05) is 25.6 Å². The zero-order valence-electron chi connectivity index (χ0n) is 27.1. The number of nitro benzene ring substituents is 2. The highest BCUT2D eigenvalue weighted by Gasteiger charge is 2.48. The van der Waals surface area contributed by atoms with Crippen LogP contribution in [-0.4, -0.2) is 122 Å². The van der Waals surface area contributed by atoms with Crippen LogP contribution in [0.4, 0.5) is 21.0 Å². The lowest BCUT2D eigenvalue weighted by molar-refractivity contribution is -0.385. The molecule has 23 nitrogen and oxygen atoms in total. The normalized spacial score (nSPS) is 20.0. The molecule has 2 saturated heterocycles. The molecule has 0 spiro atoms. The Bertz CT molecular complexity index is 1920. The number of rotatable bonds is 10. The summed E-state index contributed by atoms with van der Waals surface area (Å²) in [6, 6.07) is 3.94. The Kier molecular flexibility index (Phi) is 11.9. The van der Waals surface area contributed by atoms with E-state index < -0.39 is 116 Å². The molecule has 0 aliphatic carbocycles. The van der Waals surface area contributed by atoms with Crippen molar-refractivity contribution in [1.29, 1.82) is 0 Å². The SMILES string of the molecule is CS(=O)(=O)O[C@@H]1C[C@@H](C(=O)OC(=O)[C@@H]2C[C@@H](OS(C)(=O)=O)CN2C(=O)OC(=O)c2ccc([N+](=O)[O-])cc2)N(C(=O)OC(=O)c2ccc([N+](=O)[O-])cc2)C1. The highest BCUT2D eigenvalue weighted by molar-refractivity contribution is 7.86. The summed E-state index contributed by atoms with van der Waals surface area (Å²) in [7, 11) is -8.38. The van der Waals surface area contributed by atoms with Crippen LogP contribution in [0.3, 0.4) is 0 Å². The number of carbonyl (C=O) groups excluding carboxylic acids is 6. The van der Waals surface area contributed by atoms with Crippen LogP contribution in [-0.2, 0) is 52.4 Å². The Balaban J connectivity index is 1.52. The lowest BCUT2D eigenvalue weighted by Crippen LogP contribution is -2.46. The first-order chi connectivity index (χ1) is 24.6. The standard InChI is InChI=1S/C28H26N4O19S2/c1-52(43,44)50-19-11-21(29(13-19)27(37)48-23(33)15-3-7-17(8-4-15)31(39)40)25(35)47-26(36)22-12-20(51-53(2,45)46)14-30(22)28(38)49-24(34)16-5-9-18(10-6-16)32(41)42/h3-10,19-22H,11-14H2,1-2H3/t19-,20-,21+,22+/m1/s1. The number of benzene rings is 2. The van der Waals surface area contributed by atoms with E-state index in [0.29, 0.717) is 22.3 Å². The Morgan fingerprint density at radius 3 is 1.21 bits per heavy atom. The molecule has 25 heteroatoms. The second kappa shape index (κ2) is 15.8. The average molecular weight is 787 g/mol. The largest absolute Gasteiger partial charge is 0.418 e. The van der Waals surface area contributed by atoms with Crippen LogP contribution in [0.25, 0.3) is 0 Å². The number of non-ortho nitro benzene ring substituents is 2. The third-order valence-corrected chi connectivity index (χ3v) is 8.59. The van der Waals surface area contributed by atoms with Crippen molar-refractivity contribution in [3.8, 4) is 0 Å². The molecule has 0 N–H and O–H groups in total. The van der Waals surface area contributed by atoms with Crippen LogP contribution in [0, 0.1) is 20.2 Å². The summed E-state index contributed by atoms with van der Waals surface area (Å²) in [6.07, 6.45) is -5.85. The van der Waals surface area contributed by atoms with E-state index in [0.717, 1.165) is 48.5 Å². The molecule has 2 heterocycles. The number of likely N-dealkylation sites (tertiary alicyclic amines) is 2. The minimum Gasteiger partial charge on any atom is -0.390 e. The monoisotopic (exact) mass is 786 g/mol. The number of hydrogen-bond donors (Lipinski definition) is 0. The summed E-state index contributed by atoms with van der Waals surface area (Å²) < 4.78 is 71.3. The van der Waals surface area contributed by atoms with Crippen LogP contribution in [0.1, 0.15) is 33.6 Å². The van der Waals surface area contributed by atoms with Gasteiger partial charge >= 0.3 is 36.1 Å². The molecule has 0 radical (unpaired) electrons. The van der Waals surface area contributed by atoms with Gasteiger partial charge in [-0.3, -0.25) is 38.4 Å². The van der Waals surface area contributed by atoms with Crippen molar-refractivity contribution in [3.05, 3.63) is 79.9 Å². The molecule has 4 rings (SSSR count). The summed E-state index contributed by atoms with van der Waals surface area (Å²) in [5.74, 6) is -5.75. The summed E-state index contributed by atoms with van der Waals surface area (Å²) in [6.45, 7) is -1.38. The van der Waals surface area contributed by atoms with Gasteiger partial charge in [0, 0.05) is 37.1 Å². The van der Waals surface area contributed by atoms with Gasteiger partial charge < -0.3 is 14.2 Å². The van der Waals surface area contributed by atoms with E-state index in [2.05, 4.69) is 0 Å². The van der Waals surface area contributed by atoms with Gasteiger partial charge in [-0.25, -0.2) is 28.8 Å². The summed E-state index contributed by atoms with van der Waals surface area (Å²) in [5, 5.41) is 21.8. The van der Waals surface area contributed by atoms with Crippen LogP contribution < -0.4 is 0 Å². The van der Waals surface area contributed by atoms with E-state index in [1.165, 1.54) is 0 Å². The van der Waals surface area contributed by atoms with Gasteiger partial charge in [-0.15, -0.1) is 0 Å². The van der Waals surface area contributed by atoms with Gasteiger partial charge in [0.15, 0.2) is 0 Å². The zero-order chi connectivity index (χ0) is 39.4. The third-order valence-electron chi connectivity index (χ3n) is 7.35. The molecule has 4 atom stereocenters. The fraction of sp³-hybridized carbons (Fsp3) is 0.357. The summed E-state index contributed by atoms with van der Waals surface area (Å²) in [4.78, 5) is 99.1. The molecule has 2 fully saturated rings. The fourth-order valence-electron chi connectivity index (χ4n) is 5.15. The first-order valence-corrected chi connectivity index (χ1v) is 18.3. The molecule has 2 aromatic carbocycles. The highest BCUT2D eigenvalue weighted by atomic mass is 32.2. The number of hydrogen-bond acceptors (Lipinski definition) is 19. The Morgan fingerprint density at radius 1 is 0.604 bits per heavy atom. The van der Waals surface area contributed by atoms with Crippen molar-refractivity contribution in [2.45, 2.75) is 37.1 Å². The zero-order valence-corrected chi connectivity index (χ0v) is 28.8. The lowest BCUT2D eigenvalue weighted by atomic mass is 10.2. The second-order valence-electron chi connectivity index (χ2n) is 11.3. The van der Waals surface area contributed by atoms with Gasteiger partial charge in [0.25, 0.3) is 31.6 Å². The number of ether oxygens (including phenoxy) is 3. The number of nitrogens with zero attached hydrogens (tertiary/aromatic N) is 4.